The van der Waals surface area contributed by atoms with Crippen LogP contribution in [0.4, 0.5) is 13.2 Å². The number of benzene rings is 1. The van der Waals surface area contributed by atoms with Crippen LogP contribution in [0.2, 0.25) is 0 Å². The Morgan fingerprint density at radius 3 is 2.54 bits per heavy atom. The molecule has 2 aromatic rings. The van der Waals surface area contributed by atoms with Crippen molar-refractivity contribution in [2.24, 2.45) is 0 Å². The molecule has 0 atom stereocenters. The standard InChI is InChI=1S/C19H17F3N2O4/c1-2-28-17(26)7-8-23-18(27)16-6-4-12(10-24-16)15-9-14(19(20,21)22)5-3-13(15)11-25/h3-6,9-11H,2,7-8H2,1H3,(H,23,27). The van der Waals surface area contributed by atoms with Crippen LogP contribution in [0.3, 0.4) is 0 Å². The number of rotatable bonds is 7. The molecule has 1 amide bonds. The van der Waals surface area contributed by atoms with Gasteiger partial charge in [0.2, 0.25) is 0 Å². The Labute approximate surface area is 158 Å². The lowest BCUT2D eigenvalue weighted by atomic mass is 9.98. The molecule has 148 valence electrons. The summed E-state index contributed by atoms with van der Waals surface area (Å²) in [6, 6.07) is 5.49. The molecule has 0 aliphatic rings. The molecule has 1 aromatic heterocycles. The van der Waals surface area contributed by atoms with E-state index in [1.54, 1.807) is 6.92 Å². The second kappa shape index (κ2) is 9.12. The molecule has 1 N–H and O–H groups in total. The van der Waals surface area contributed by atoms with E-state index in [0.717, 1.165) is 18.2 Å². The molecule has 0 saturated carbocycles. The summed E-state index contributed by atoms with van der Waals surface area (Å²) < 4.78 is 43.5. The summed E-state index contributed by atoms with van der Waals surface area (Å²) in [5.41, 5.74) is -0.481. The maximum atomic E-state index is 12.9. The summed E-state index contributed by atoms with van der Waals surface area (Å²) in [4.78, 5) is 38.3. The molecule has 0 aliphatic heterocycles. The van der Waals surface area contributed by atoms with Crippen molar-refractivity contribution in [2.45, 2.75) is 19.5 Å². The zero-order valence-electron chi connectivity index (χ0n) is 14.9. The maximum absolute atomic E-state index is 12.9. The van der Waals surface area contributed by atoms with E-state index in [4.69, 9.17) is 4.74 Å². The third kappa shape index (κ3) is 5.38. The molecule has 28 heavy (non-hydrogen) atoms. The Kier molecular flexibility index (Phi) is 6.86. The van der Waals surface area contributed by atoms with E-state index < -0.39 is 23.6 Å². The lowest BCUT2D eigenvalue weighted by molar-refractivity contribution is -0.143. The number of hydrogen-bond donors (Lipinski definition) is 1. The average molecular weight is 394 g/mol. The van der Waals surface area contributed by atoms with Gasteiger partial charge < -0.3 is 10.1 Å². The van der Waals surface area contributed by atoms with E-state index >= 15 is 0 Å². The van der Waals surface area contributed by atoms with Gasteiger partial charge in [0.15, 0.2) is 6.29 Å². The Hall–Kier alpha value is -3.23. The molecule has 0 saturated heterocycles. The second-order valence-corrected chi connectivity index (χ2v) is 5.66. The van der Waals surface area contributed by atoms with Gasteiger partial charge in [-0.2, -0.15) is 13.2 Å². The van der Waals surface area contributed by atoms with Gasteiger partial charge in [-0.1, -0.05) is 12.1 Å². The Bertz CT molecular complexity index is 864. The zero-order valence-corrected chi connectivity index (χ0v) is 14.9. The van der Waals surface area contributed by atoms with Crippen LogP contribution in [0.5, 0.6) is 0 Å². The minimum Gasteiger partial charge on any atom is -0.466 e. The van der Waals surface area contributed by atoms with Crippen molar-refractivity contribution < 1.29 is 32.3 Å². The summed E-state index contributed by atoms with van der Waals surface area (Å²) in [6.07, 6.45) is -2.89. The number of pyridine rings is 1. The number of nitrogens with one attached hydrogen (secondary N) is 1. The smallest absolute Gasteiger partial charge is 0.416 e. The molecule has 1 aromatic carbocycles. The second-order valence-electron chi connectivity index (χ2n) is 5.66. The van der Waals surface area contributed by atoms with E-state index in [1.165, 1.54) is 18.3 Å². The predicted octanol–water partition coefficient (Wildman–Crippen LogP) is 3.26. The summed E-state index contributed by atoms with van der Waals surface area (Å²) in [7, 11) is 0. The van der Waals surface area contributed by atoms with Crippen molar-refractivity contribution >= 4 is 18.2 Å². The van der Waals surface area contributed by atoms with Crippen LogP contribution in [0.1, 0.15) is 39.8 Å². The number of hydrogen-bond acceptors (Lipinski definition) is 5. The van der Waals surface area contributed by atoms with Crippen molar-refractivity contribution in [3.05, 3.63) is 53.3 Å². The molecule has 6 nitrogen and oxygen atoms in total. The van der Waals surface area contributed by atoms with Gasteiger partial charge in [0.25, 0.3) is 5.91 Å². The summed E-state index contributed by atoms with van der Waals surface area (Å²) >= 11 is 0. The highest BCUT2D eigenvalue weighted by molar-refractivity contribution is 5.93. The van der Waals surface area contributed by atoms with Crippen molar-refractivity contribution in [1.29, 1.82) is 0 Å². The highest BCUT2D eigenvalue weighted by atomic mass is 19.4. The van der Waals surface area contributed by atoms with Gasteiger partial charge in [-0.15, -0.1) is 0 Å². The van der Waals surface area contributed by atoms with Crippen LogP contribution in [-0.4, -0.2) is 36.3 Å². The quantitative estimate of drug-likeness (QED) is 0.576. The van der Waals surface area contributed by atoms with Gasteiger partial charge in [-0.3, -0.25) is 19.4 Å². The number of esters is 1. The molecule has 0 unspecified atom stereocenters. The number of carbonyl (C=O) groups is 3. The number of ether oxygens (including phenoxy) is 1. The Morgan fingerprint density at radius 2 is 1.96 bits per heavy atom. The van der Waals surface area contributed by atoms with Gasteiger partial charge >= 0.3 is 12.1 Å². The number of amides is 1. The fraction of sp³-hybridized carbons (Fsp3) is 0.263. The number of nitrogens with zero attached hydrogens (tertiary/aromatic N) is 1. The maximum Gasteiger partial charge on any atom is 0.416 e. The van der Waals surface area contributed by atoms with Crippen molar-refractivity contribution in [3.8, 4) is 11.1 Å². The van der Waals surface area contributed by atoms with Crippen LogP contribution in [0.15, 0.2) is 36.5 Å². The van der Waals surface area contributed by atoms with Gasteiger partial charge in [0, 0.05) is 23.9 Å². The summed E-state index contributed by atoms with van der Waals surface area (Å²) in [5, 5.41) is 2.49. The molecule has 9 heteroatoms. The van der Waals surface area contributed by atoms with E-state index in [1.807, 2.05) is 0 Å². The first kappa shape index (κ1) is 21.1. The topological polar surface area (TPSA) is 85.4 Å². The van der Waals surface area contributed by atoms with Crippen LogP contribution >= 0.6 is 0 Å². The first-order valence-electron chi connectivity index (χ1n) is 8.33. The van der Waals surface area contributed by atoms with Crippen LogP contribution < -0.4 is 5.32 Å². The third-order valence-electron chi connectivity index (χ3n) is 3.73. The minimum absolute atomic E-state index is 0.00456. The van der Waals surface area contributed by atoms with Crippen molar-refractivity contribution in [1.82, 2.24) is 10.3 Å². The fourth-order valence-electron chi connectivity index (χ4n) is 2.37. The van der Waals surface area contributed by atoms with E-state index in [-0.39, 0.29) is 42.0 Å². The molecule has 0 radical (unpaired) electrons. The summed E-state index contributed by atoms with van der Waals surface area (Å²) in [5.74, 6) is -0.993. The lowest BCUT2D eigenvalue weighted by Crippen LogP contribution is -2.27. The molecule has 0 spiro atoms. The van der Waals surface area contributed by atoms with Crippen molar-refractivity contribution in [3.63, 3.8) is 0 Å². The predicted molar refractivity (Wildman–Crippen MR) is 93.6 cm³/mol. The lowest BCUT2D eigenvalue weighted by Gasteiger charge is -2.11. The van der Waals surface area contributed by atoms with E-state index in [2.05, 4.69) is 10.3 Å². The molecule has 1 heterocycles. The first-order chi connectivity index (χ1) is 13.3. The molecule has 0 fully saturated rings. The largest absolute Gasteiger partial charge is 0.466 e. The fourth-order valence-corrected chi connectivity index (χ4v) is 2.37. The van der Waals surface area contributed by atoms with Gasteiger partial charge in [-0.05, 0) is 30.7 Å². The highest BCUT2D eigenvalue weighted by Crippen LogP contribution is 2.33. The van der Waals surface area contributed by atoms with E-state index in [9.17, 15) is 27.6 Å². The minimum atomic E-state index is -4.55. The first-order valence-corrected chi connectivity index (χ1v) is 8.33. The van der Waals surface area contributed by atoms with Crippen LogP contribution in [0, 0.1) is 0 Å². The Balaban J connectivity index is 2.15. The SMILES string of the molecule is CCOC(=O)CCNC(=O)c1ccc(-c2cc(C(F)(F)F)ccc2C=O)cn1. The normalized spacial score (nSPS) is 11.0. The third-order valence-corrected chi connectivity index (χ3v) is 3.73. The Morgan fingerprint density at radius 1 is 1.21 bits per heavy atom. The molecular weight excluding hydrogens is 377 g/mol. The number of aldehydes is 1. The molecule has 0 aliphatic carbocycles. The van der Waals surface area contributed by atoms with E-state index in [0.29, 0.717) is 6.29 Å². The van der Waals surface area contributed by atoms with Gasteiger partial charge in [0.05, 0.1) is 18.6 Å². The van der Waals surface area contributed by atoms with Gasteiger partial charge in [-0.25, -0.2) is 0 Å². The molecule has 0 bridgehead atoms. The molecule has 2 rings (SSSR count). The number of carbonyl (C=O) groups excluding carboxylic acids is 3. The number of halogens is 3. The average Bonchev–Trinajstić information content (AvgIpc) is 2.67. The number of aromatic nitrogens is 1. The monoisotopic (exact) mass is 394 g/mol. The number of alkyl halides is 3. The zero-order chi connectivity index (χ0) is 20.7. The van der Waals surface area contributed by atoms with Crippen molar-refractivity contribution in [2.75, 3.05) is 13.2 Å². The van der Waals surface area contributed by atoms with Gasteiger partial charge in [0.1, 0.15) is 5.69 Å². The van der Waals surface area contributed by atoms with Crippen LogP contribution in [-0.2, 0) is 15.7 Å². The van der Waals surface area contributed by atoms with Crippen LogP contribution in [0.25, 0.3) is 11.1 Å². The summed E-state index contributed by atoms with van der Waals surface area (Å²) in [6.45, 7) is 1.97. The highest BCUT2D eigenvalue weighted by Gasteiger charge is 2.31. The molecular formula is C19H17F3N2O4.